The molecule has 0 amide bonds. The second-order valence-corrected chi connectivity index (χ2v) is 7.00. The van der Waals surface area contributed by atoms with E-state index in [0.29, 0.717) is 6.04 Å². The highest BCUT2D eigenvalue weighted by Crippen LogP contribution is 2.34. The summed E-state index contributed by atoms with van der Waals surface area (Å²) in [7, 11) is 0. The Morgan fingerprint density at radius 2 is 2.15 bits per heavy atom. The highest BCUT2D eigenvalue weighted by atomic mass is 79.9. The fourth-order valence-electron chi connectivity index (χ4n) is 1.65. The highest BCUT2D eigenvalue weighted by molar-refractivity contribution is 9.10. The van der Waals surface area contributed by atoms with E-state index in [4.69, 9.17) is 11.6 Å². The zero-order valence-corrected chi connectivity index (χ0v) is 14.5. The fourth-order valence-corrected chi connectivity index (χ4v) is 3.23. The molecule has 1 aromatic carbocycles. The first-order valence-electron chi connectivity index (χ1n) is 6.36. The van der Waals surface area contributed by atoms with Crippen LogP contribution in [0.25, 0.3) is 0 Å². The molecule has 0 spiro atoms. The Hall–Kier alpha value is -0.550. The Morgan fingerprint density at radius 1 is 1.35 bits per heavy atom. The van der Waals surface area contributed by atoms with Crippen molar-refractivity contribution in [2.24, 2.45) is 0 Å². The van der Waals surface area contributed by atoms with Crippen LogP contribution in [0.2, 0.25) is 5.02 Å². The van der Waals surface area contributed by atoms with Gasteiger partial charge in [0, 0.05) is 28.7 Å². The van der Waals surface area contributed by atoms with Crippen LogP contribution < -0.4 is 5.32 Å². The van der Waals surface area contributed by atoms with E-state index in [1.807, 2.05) is 30.3 Å². The molecule has 2 rings (SSSR count). The lowest BCUT2D eigenvalue weighted by molar-refractivity contribution is 0.585. The molecule has 0 aliphatic rings. The first-order valence-corrected chi connectivity index (χ1v) is 8.35. The van der Waals surface area contributed by atoms with Gasteiger partial charge in [-0.3, -0.25) is 0 Å². The van der Waals surface area contributed by atoms with E-state index in [1.165, 1.54) is 10.5 Å². The predicted molar refractivity (Wildman–Crippen MR) is 89.5 cm³/mol. The molecule has 0 saturated carbocycles. The molecule has 0 aliphatic heterocycles. The van der Waals surface area contributed by atoms with Gasteiger partial charge >= 0.3 is 0 Å². The molecule has 1 N–H and O–H groups in total. The van der Waals surface area contributed by atoms with E-state index in [1.54, 1.807) is 18.0 Å². The van der Waals surface area contributed by atoms with Gasteiger partial charge in [0.1, 0.15) is 5.03 Å². The molecule has 0 saturated heterocycles. The van der Waals surface area contributed by atoms with Gasteiger partial charge in [0.05, 0.1) is 4.47 Å². The van der Waals surface area contributed by atoms with E-state index in [-0.39, 0.29) is 0 Å². The molecule has 5 heteroatoms. The molecule has 0 radical (unpaired) electrons. The predicted octanol–water partition coefficient (Wildman–Crippen LogP) is 5.15. The minimum atomic E-state index is 0.438. The SMILES string of the molecule is CC(C)NCc1cc(Cl)ccc1Sc1ncccc1Br. The van der Waals surface area contributed by atoms with Crippen molar-refractivity contribution < 1.29 is 0 Å². The molecular weight excluding hydrogens is 356 g/mol. The van der Waals surface area contributed by atoms with Gasteiger partial charge < -0.3 is 5.32 Å². The normalized spacial score (nSPS) is 11.1. The van der Waals surface area contributed by atoms with Crippen LogP contribution in [-0.2, 0) is 6.54 Å². The van der Waals surface area contributed by atoms with Crippen LogP contribution in [0.5, 0.6) is 0 Å². The standard InChI is InChI=1S/C15H16BrClN2S/c1-10(2)19-9-11-8-12(17)5-6-14(11)20-15-13(16)4-3-7-18-15/h3-8,10,19H,9H2,1-2H3. The average molecular weight is 372 g/mol. The Bertz CT molecular complexity index is 590. The van der Waals surface area contributed by atoms with Crippen LogP contribution in [0.4, 0.5) is 0 Å². The molecule has 20 heavy (non-hydrogen) atoms. The summed E-state index contributed by atoms with van der Waals surface area (Å²) >= 11 is 11.3. The lowest BCUT2D eigenvalue weighted by atomic mass is 10.2. The van der Waals surface area contributed by atoms with Crippen molar-refractivity contribution in [3.63, 3.8) is 0 Å². The summed E-state index contributed by atoms with van der Waals surface area (Å²) in [5.74, 6) is 0. The Balaban J connectivity index is 2.24. The summed E-state index contributed by atoms with van der Waals surface area (Å²) < 4.78 is 1.00. The van der Waals surface area contributed by atoms with E-state index >= 15 is 0 Å². The zero-order valence-electron chi connectivity index (χ0n) is 11.4. The number of nitrogens with zero attached hydrogens (tertiary/aromatic N) is 1. The maximum absolute atomic E-state index is 6.10. The summed E-state index contributed by atoms with van der Waals surface area (Å²) in [6.45, 7) is 5.06. The molecule has 0 fully saturated rings. The van der Waals surface area contributed by atoms with Crippen LogP contribution in [0.3, 0.4) is 0 Å². The largest absolute Gasteiger partial charge is 0.310 e. The topological polar surface area (TPSA) is 24.9 Å². The van der Waals surface area contributed by atoms with E-state index in [9.17, 15) is 0 Å². The zero-order chi connectivity index (χ0) is 14.5. The molecule has 0 aliphatic carbocycles. The molecule has 2 aromatic rings. The maximum atomic E-state index is 6.10. The Kier molecular flexibility index (Phi) is 5.90. The number of hydrogen-bond acceptors (Lipinski definition) is 3. The van der Waals surface area contributed by atoms with Crippen molar-refractivity contribution in [1.29, 1.82) is 0 Å². The summed E-state index contributed by atoms with van der Waals surface area (Å²) in [6.07, 6.45) is 1.80. The number of nitrogens with one attached hydrogen (secondary N) is 1. The second-order valence-electron chi connectivity index (χ2n) is 4.68. The van der Waals surface area contributed by atoms with E-state index in [2.05, 4.69) is 40.1 Å². The van der Waals surface area contributed by atoms with Gasteiger partial charge in [0.2, 0.25) is 0 Å². The molecular formula is C15H16BrClN2S. The van der Waals surface area contributed by atoms with Gasteiger partial charge in [0.25, 0.3) is 0 Å². The minimum Gasteiger partial charge on any atom is -0.310 e. The molecule has 0 bridgehead atoms. The molecule has 1 heterocycles. The Labute approximate surface area is 137 Å². The van der Waals surface area contributed by atoms with Crippen molar-refractivity contribution >= 4 is 39.3 Å². The minimum absolute atomic E-state index is 0.438. The van der Waals surface area contributed by atoms with Crippen molar-refractivity contribution in [1.82, 2.24) is 10.3 Å². The van der Waals surface area contributed by atoms with Crippen molar-refractivity contribution in [3.8, 4) is 0 Å². The maximum Gasteiger partial charge on any atom is 0.115 e. The number of aromatic nitrogens is 1. The first-order chi connectivity index (χ1) is 9.56. The number of hydrogen-bond donors (Lipinski definition) is 1. The Morgan fingerprint density at radius 3 is 2.85 bits per heavy atom. The quantitative estimate of drug-likeness (QED) is 0.787. The van der Waals surface area contributed by atoms with Crippen molar-refractivity contribution in [2.75, 3.05) is 0 Å². The van der Waals surface area contributed by atoms with Gasteiger partial charge in [-0.2, -0.15) is 0 Å². The van der Waals surface area contributed by atoms with Gasteiger partial charge in [0.15, 0.2) is 0 Å². The lowest BCUT2D eigenvalue weighted by Gasteiger charge is -2.13. The third-order valence-corrected chi connectivity index (χ3v) is 4.93. The molecule has 2 nitrogen and oxygen atoms in total. The number of rotatable bonds is 5. The molecule has 106 valence electrons. The summed E-state index contributed by atoms with van der Waals surface area (Å²) in [4.78, 5) is 5.56. The van der Waals surface area contributed by atoms with E-state index < -0.39 is 0 Å². The number of benzene rings is 1. The molecule has 0 unspecified atom stereocenters. The van der Waals surface area contributed by atoms with Crippen LogP contribution in [0, 0.1) is 0 Å². The van der Waals surface area contributed by atoms with Crippen LogP contribution in [0.1, 0.15) is 19.4 Å². The summed E-state index contributed by atoms with van der Waals surface area (Å²) in [5, 5.41) is 5.14. The monoisotopic (exact) mass is 370 g/mol. The van der Waals surface area contributed by atoms with Crippen molar-refractivity contribution in [3.05, 3.63) is 51.6 Å². The van der Waals surface area contributed by atoms with Gasteiger partial charge in [-0.15, -0.1) is 0 Å². The lowest BCUT2D eigenvalue weighted by Crippen LogP contribution is -2.22. The third-order valence-electron chi connectivity index (χ3n) is 2.65. The second kappa shape index (κ2) is 7.46. The van der Waals surface area contributed by atoms with Gasteiger partial charge in [-0.1, -0.05) is 37.2 Å². The number of halogens is 2. The average Bonchev–Trinajstić information content (AvgIpc) is 2.41. The van der Waals surface area contributed by atoms with Gasteiger partial charge in [-0.05, 0) is 51.8 Å². The fraction of sp³-hybridized carbons (Fsp3) is 0.267. The third kappa shape index (κ3) is 4.48. The first kappa shape index (κ1) is 15.8. The summed E-state index contributed by atoms with van der Waals surface area (Å²) in [5.41, 5.74) is 1.19. The summed E-state index contributed by atoms with van der Waals surface area (Å²) in [6, 6.07) is 10.3. The van der Waals surface area contributed by atoms with Crippen LogP contribution >= 0.6 is 39.3 Å². The van der Waals surface area contributed by atoms with E-state index in [0.717, 1.165) is 21.1 Å². The smallest absolute Gasteiger partial charge is 0.115 e. The highest BCUT2D eigenvalue weighted by Gasteiger charge is 2.09. The van der Waals surface area contributed by atoms with Gasteiger partial charge in [-0.25, -0.2) is 4.98 Å². The molecule has 0 atom stereocenters. The van der Waals surface area contributed by atoms with Crippen molar-refractivity contribution in [2.45, 2.75) is 36.4 Å². The van der Waals surface area contributed by atoms with Crippen LogP contribution in [0.15, 0.2) is 50.9 Å². The van der Waals surface area contributed by atoms with Crippen LogP contribution in [-0.4, -0.2) is 11.0 Å². The number of pyridine rings is 1. The molecule has 1 aromatic heterocycles.